The van der Waals surface area contributed by atoms with E-state index in [0.717, 1.165) is 51.5 Å². The van der Waals surface area contributed by atoms with Crippen LogP contribution in [0.4, 0.5) is 10.1 Å². The van der Waals surface area contributed by atoms with Crippen molar-refractivity contribution in [2.75, 3.05) is 32.5 Å². The molecule has 0 aliphatic rings. The molecule has 0 unspecified atom stereocenters. The SMILES string of the molecule is CCCN=C(c1cc2c(-c3cc(O)cc(F)c3)nccc2[nH]1)c1cc(-c2cncc(NC(=O)CN(C)C)c2)ncc1C. The number of nitrogens with zero attached hydrogens (tertiary/aromatic N) is 5. The fourth-order valence-electron chi connectivity index (χ4n) is 4.73. The second-order valence-electron chi connectivity index (χ2n) is 10.4. The molecule has 0 fully saturated rings. The summed E-state index contributed by atoms with van der Waals surface area (Å²) < 4.78 is 14.1. The number of aromatic nitrogens is 4. The summed E-state index contributed by atoms with van der Waals surface area (Å²) in [6.45, 7) is 4.92. The van der Waals surface area contributed by atoms with Gasteiger partial charge in [0.2, 0.25) is 5.91 Å². The molecule has 1 amide bonds. The lowest BCUT2D eigenvalue weighted by atomic mass is 10.00. The van der Waals surface area contributed by atoms with Gasteiger partial charge in [0.25, 0.3) is 0 Å². The van der Waals surface area contributed by atoms with E-state index in [-0.39, 0.29) is 18.2 Å². The molecule has 3 N–H and O–H groups in total. The molecule has 5 rings (SSSR count). The quantitative estimate of drug-likeness (QED) is 0.201. The van der Waals surface area contributed by atoms with Gasteiger partial charge in [-0.15, -0.1) is 0 Å². The number of anilines is 1. The van der Waals surface area contributed by atoms with E-state index in [1.165, 1.54) is 12.1 Å². The van der Waals surface area contributed by atoms with Gasteiger partial charge in [-0.05, 0) is 69.4 Å². The highest BCUT2D eigenvalue weighted by molar-refractivity contribution is 6.15. The number of hydrogen-bond acceptors (Lipinski definition) is 7. The van der Waals surface area contributed by atoms with Crippen LogP contribution >= 0.6 is 0 Å². The van der Waals surface area contributed by atoms with E-state index in [4.69, 9.17) is 4.99 Å². The van der Waals surface area contributed by atoms with Crippen LogP contribution in [0.3, 0.4) is 0 Å². The number of aromatic hydroxyl groups is 1. The summed E-state index contributed by atoms with van der Waals surface area (Å²) in [6, 6.07) is 11.5. The molecule has 4 aromatic heterocycles. The molecule has 0 spiro atoms. The van der Waals surface area contributed by atoms with Crippen molar-refractivity contribution in [1.29, 1.82) is 0 Å². The number of halogens is 1. The first kappa shape index (κ1) is 28.6. The molecule has 9 nitrogen and oxygen atoms in total. The van der Waals surface area contributed by atoms with Crippen molar-refractivity contribution in [3.8, 4) is 28.3 Å². The van der Waals surface area contributed by atoms with E-state index >= 15 is 0 Å². The highest BCUT2D eigenvalue weighted by Gasteiger charge is 2.18. The van der Waals surface area contributed by atoms with Crippen molar-refractivity contribution in [2.24, 2.45) is 4.99 Å². The Morgan fingerprint density at radius 3 is 2.67 bits per heavy atom. The molecule has 0 atom stereocenters. The van der Waals surface area contributed by atoms with E-state index in [0.29, 0.717) is 29.2 Å². The zero-order valence-corrected chi connectivity index (χ0v) is 23.9. The normalized spacial score (nSPS) is 11.8. The lowest BCUT2D eigenvalue weighted by molar-refractivity contribution is -0.116. The third-order valence-electron chi connectivity index (χ3n) is 6.59. The molecule has 0 aliphatic heterocycles. The number of aliphatic imine (C=N–C) groups is 1. The summed E-state index contributed by atoms with van der Waals surface area (Å²) >= 11 is 0. The van der Waals surface area contributed by atoms with Gasteiger partial charge in [-0.2, -0.15) is 0 Å². The standard InChI is InChI=1S/C32H32FN7O2/c1-5-7-35-32(29-14-26-27(39-29)6-8-36-31(26)20-9-22(33)12-24(41)11-20)25-13-28(37-15-19(25)2)21-10-23(17-34-16-21)38-30(42)18-40(3)4/h6,8-17,39,41H,5,7,18H2,1-4H3,(H,38,42). The maximum Gasteiger partial charge on any atom is 0.238 e. The van der Waals surface area contributed by atoms with Gasteiger partial charge in [0, 0.05) is 58.8 Å². The van der Waals surface area contributed by atoms with Crippen LogP contribution in [0, 0.1) is 12.7 Å². The third kappa shape index (κ3) is 6.34. The van der Waals surface area contributed by atoms with E-state index < -0.39 is 5.82 Å². The fourth-order valence-corrected chi connectivity index (χ4v) is 4.73. The number of H-pyrrole nitrogens is 1. The van der Waals surface area contributed by atoms with Gasteiger partial charge in [-0.25, -0.2) is 4.39 Å². The van der Waals surface area contributed by atoms with Crippen molar-refractivity contribution < 1.29 is 14.3 Å². The zero-order chi connectivity index (χ0) is 29.8. The molecule has 10 heteroatoms. The minimum Gasteiger partial charge on any atom is -0.508 e. The zero-order valence-electron chi connectivity index (χ0n) is 23.9. The summed E-state index contributed by atoms with van der Waals surface area (Å²) in [5.74, 6) is -0.840. The van der Waals surface area contributed by atoms with Gasteiger partial charge in [-0.3, -0.25) is 24.7 Å². The maximum atomic E-state index is 14.1. The Balaban J connectivity index is 1.56. The number of carbonyl (C=O) groups is 1. The molecular weight excluding hydrogens is 533 g/mol. The minimum absolute atomic E-state index is 0.133. The summed E-state index contributed by atoms with van der Waals surface area (Å²) in [7, 11) is 3.67. The Labute approximate surface area is 243 Å². The van der Waals surface area contributed by atoms with Crippen LogP contribution in [-0.2, 0) is 4.79 Å². The molecule has 1 aromatic carbocycles. The van der Waals surface area contributed by atoms with Crippen LogP contribution in [0.1, 0.15) is 30.2 Å². The van der Waals surface area contributed by atoms with Crippen molar-refractivity contribution in [2.45, 2.75) is 20.3 Å². The Kier molecular flexibility index (Phi) is 8.35. The van der Waals surface area contributed by atoms with Crippen LogP contribution in [0.25, 0.3) is 33.4 Å². The molecule has 0 bridgehead atoms. The number of phenolic OH excluding ortho intramolecular Hbond substituents is 1. The predicted octanol–water partition coefficient (Wildman–Crippen LogP) is 5.59. The van der Waals surface area contributed by atoms with Crippen molar-refractivity contribution in [3.05, 3.63) is 89.9 Å². The molecule has 0 saturated heterocycles. The molecule has 5 aromatic rings. The number of amides is 1. The van der Waals surface area contributed by atoms with Gasteiger partial charge in [-0.1, -0.05) is 6.92 Å². The number of likely N-dealkylation sites (N-methyl/N-ethyl adjacent to an activating group) is 1. The fraction of sp³-hybridized carbons (Fsp3) is 0.219. The van der Waals surface area contributed by atoms with Gasteiger partial charge >= 0.3 is 0 Å². The van der Waals surface area contributed by atoms with Gasteiger partial charge < -0.3 is 20.3 Å². The summed E-state index contributed by atoms with van der Waals surface area (Å²) in [5.41, 5.74) is 7.20. The lowest BCUT2D eigenvalue weighted by Crippen LogP contribution is -2.27. The number of aromatic amines is 1. The highest BCUT2D eigenvalue weighted by atomic mass is 19.1. The van der Waals surface area contributed by atoms with E-state index in [9.17, 15) is 14.3 Å². The maximum absolute atomic E-state index is 14.1. The number of phenols is 1. The molecule has 4 heterocycles. The number of benzene rings is 1. The summed E-state index contributed by atoms with van der Waals surface area (Å²) in [6.07, 6.45) is 7.62. The van der Waals surface area contributed by atoms with E-state index in [1.807, 2.05) is 45.3 Å². The monoisotopic (exact) mass is 565 g/mol. The number of nitrogens with one attached hydrogen (secondary N) is 2. The molecule has 0 aliphatic carbocycles. The first-order chi connectivity index (χ1) is 20.2. The molecule has 214 valence electrons. The van der Waals surface area contributed by atoms with Crippen molar-refractivity contribution in [3.63, 3.8) is 0 Å². The van der Waals surface area contributed by atoms with E-state index in [2.05, 4.69) is 32.2 Å². The van der Waals surface area contributed by atoms with Crippen LogP contribution in [-0.4, -0.2) is 68.7 Å². The molecular formula is C32H32FN7O2. The van der Waals surface area contributed by atoms with Crippen molar-refractivity contribution in [1.82, 2.24) is 24.8 Å². The summed E-state index contributed by atoms with van der Waals surface area (Å²) in [4.78, 5) is 36.0. The topological polar surface area (TPSA) is 119 Å². The number of fused-ring (bicyclic) bond motifs is 1. The Bertz CT molecular complexity index is 1780. The smallest absolute Gasteiger partial charge is 0.238 e. The average Bonchev–Trinajstić information content (AvgIpc) is 3.37. The van der Waals surface area contributed by atoms with Crippen LogP contribution < -0.4 is 5.32 Å². The van der Waals surface area contributed by atoms with Crippen LogP contribution in [0.5, 0.6) is 5.75 Å². The molecule has 0 saturated carbocycles. The largest absolute Gasteiger partial charge is 0.508 e. The highest BCUT2D eigenvalue weighted by Crippen LogP contribution is 2.31. The third-order valence-corrected chi connectivity index (χ3v) is 6.59. The molecule has 0 radical (unpaired) electrons. The summed E-state index contributed by atoms with van der Waals surface area (Å²) in [5, 5.41) is 13.6. The predicted molar refractivity (Wildman–Crippen MR) is 163 cm³/mol. The van der Waals surface area contributed by atoms with Crippen LogP contribution in [0.2, 0.25) is 0 Å². The number of carbonyl (C=O) groups excluding carboxylic acids is 1. The second-order valence-corrected chi connectivity index (χ2v) is 10.4. The van der Waals surface area contributed by atoms with Gasteiger partial charge in [0.1, 0.15) is 11.6 Å². The van der Waals surface area contributed by atoms with Gasteiger partial charge in [0.05, 0.1) is 41.2 Å². The van der Waals surface area contributed by atoms with Gasteiger partial charge in [0.15, 0.2) is 0 Å². The number of rotatable bonds is 9. The Hall–Kier alpha value is -4.96. The van der Waals surface area contributed by atoms with Crippen molar-refractivity contribution >= 4 is 28.2 Å². The first-order valence-corrected chi connectivity index (χ1v) is 13.6. The van der Waals surface area contributed by atoms with Crippen LogP contribution in [0.15, 0.2) is 72.2 Å². The number of aryl methyl sites for hydroxylation is 1. The Morgan fingerprint density at radius 2 is 1.90 bits per heavy atom. The average molecular weight is 566 g/mol. The Morgan fingerprint density at radius 1 is 1.07 bits per heavy atom. The number of pyridine rings is 3. The number of hydrogen-bond donors (Lipinski definition) is 3. The lowest BCUT2D eigenvalue weighted by Gasteiger charge is -2.12. The molecule has 42 heavy (non-hydrogen) atoms. The first-order valence-electron chi connectivity index (χ1n) is 13.6. The van der Waals surface area contributed by atoms with E-state index in [1.54, 1.807) is 29.7 Å². The second kappa shape index (κ2) is 12.3. The minimum atomic E-state index is -0.541.